The second-order valence-electron chi connectivity index (χ2n) is 3.36. The molecule has 0 aromatic heterocycles. The molecule has 0 atom stereocenters. The number of carbonyl (C=O) groups is 1. The van der Waals surface area contributed by atoms with Crippen LogP contribution in [0.4, 0.5) is 0 Å². The topological polar surface area (TPSA) is 49.8 Å². The van der Waals surface area contributed by atoms with Gasteiger partial charge >= 0.3 is 0 Å². The van der Waals surface area contributed by atoms with Crippen molar-refractivity contribution in [1.82, 2.24) is 4.90 Å². The summed E-state index contributed by atoms with van der Waals surface area (Å²) < 4.78 is 6.12. The minimum absolute atomic E-state index is 0.318. The first-order valence-corrected chi connectivity index (χ1v) is 5.55. The second-order valence-corrected chi connectivity index (χ2v) is 4.28. The van der Waals surface area contributed by atoms with Gasteiger partial charge in [-0.05, 0) is 18.2 Å². The van der Waals surface area contributed by atoms with E-state index in [-0.39, 0.29) is 5.91 Å². The molecule has 1 aromatic carbocycles. The van der Waals surface area contributed by atoms with E-state index in [4.69, 9.17) is 9.84 Å². The Morgan fingerprint density at radius 3 is 2.81 bits per heavy atom. The van der Waals surface area contributed by atoms with Crippen molar-refractivity contribution in [2.75, 3.05) is 20.8 Å². The van der Waals surface area contributed by atoms with Crippen LogP contribution in [0.5, 0.6) is 5.75 Å². The number of halogens is 1. The third-order valence-electron chi connectivity index (χ3n) is 2.21. The van der Waals surface area contributed by atoms with E-state index >= 15 is 0 Å². The lowest BCUT2D eigenvalue weighted by Gasteiger charge is -2.17. The molecule has 0 aliphatic carbocycles. The zero-order chi connectivity index (χ0) is 12.1. The maximum Gasteiger partial charge on any atom is 0.248 e. The Morgan fingerprint density at radius 1 is 1.56 bits per heavy atom. The highest BCUT2D eigenvalue weighted by molar-refractivity contribution is 9.10. The summed E-state index contributed by atoms with van der Waals surface area (Å²) in [5, 5.41) is 8.73. The normalized spacial score (nSPS) is 10.0. The van der Waals surface area contributed by atoms with Crippen molar-refractivity contribution in [1.29, 1.82) is 0 Å². The van der Waals surface area contributed by atoms with Crippen molar-refractivity contribution < 1.29 is 14.6 Å². The van der Waals surface area contributed by atoms with Crippen LogP contribution in [0.2, 0.25) is 0 Å². The van der Waals surface area contributed by atoms with Crippen molar-refractivity contribution in [2.45, 2.75) is 6.54 Å². The van der Waals surface area contributed by atoms with E-state index in [0.29, 0.717) is 6.54 Å². The van der Waals surface area contributed by atoms with Gasteiger partial charge in [0.2, 0.25) is 5.91 Å². The van der Waals surface area contributed by atoms with Crippen LogP contribution in [-0.2, 0) is 11.3 Å². The first-order valence-electron chi connectivity index (χ1n) is 4.75. The molecule has 1 aromatic rings. The number of aliphatic hydroxyl groups is 1. The first-order chi connectivity index (χ1) is 7.58. The van der Waals surface area contributed by atoms with Crippen LogP contribution in [-0.4, -0.2) is 36.7 Å². The van der Waals surface area contributed by atoms with E-state index in [2.05, 4.69) is 15.9 Å². The van der Waals surface area contributed by atoms with E-state index in [1.54, 1.807) is 14.2 Å². The van der Waals surface area contributed by atoms with E-state index in [0.717, 1.165) is 15.8 Å². The van der Waals surface area contributed by atoms with Gasteiger partial charge in [0.05, 0.1) is 7.11 Å². The third-order valence-corrected chi connectivity index (χ3v) is 2.70. The summed E-state index contributed by atoms with van der Waals surface area (Å²) in [5.74, 6) is 0.405. The number of amides is 1. The quantitative estimate of drug-likeness (QED) is 0.911. The molecular weight excluding hydrogens is 274 g/mol. The van der Waals surface area contributed by atoms with Crippen LogP contribution in [0.3, 0.4) is 0 Å². The minimum atomic E-state index is -0.479. The Labute approximate surface area is 103 Å². The molecule has 0 saturated carbocycles. The predicted molar refractivity (Wildman–Crippen MR) is 64.3 cm³/mol. The molecule has 1 amide bonds. The molecule has 0 bridgehead atoms. The van der Waals surface area contributed by atoms with Gasteiger partial charge in [-0.2, -0.15) is 0 Å². The Hall–Kier alpha value is -1.07. The van der Waals surface area contributed by atoms with Gasteiger partial charge in [0.15, 0.2) is 0 Å². The monoisotopic (exact) mass is 287 g/mol. The average molecular weight is 288 g/mol. The number of aliphatic hydroxyl groups excluding tert-OH is 1. The molecule has 0 aliphatic heterocycles. The molecule has 0 heterocycles. The van der Waals surface area contributed by atoms with Crippen molar-refractivity contribution >= 4 is 21.8 Å². The number of carbonyl (C=O) groups excluding carboxylic acids is 1. The SMILES string of the molecule is COc1ccc(Br)cc1CN(C)C(=O)CO. The van der Waals surface area contributed by atoms with Crippen LogP contribution in [0.15, 0.2) is 22.7 Å². The highest BCUT2D eigenvalue weighted by Gasteiger charge is 2.11. The molecule has 5 heteroatoms. The fraction of sp³-hybridized carbons (Fsp3) is 0.364. The molecule has 0 aliphatic rings. The summed E-state index contributed by atoms with van der Waals surface area (Å²) in [5.41, 5.74) is 0.890. The fourth-order valence-electron chi connectivity index (χ4n) is 1.34. The zero-order valence-electron chi connectivity index (χ0n) is 9.24. The molecule has 1 rings (SSSR count). The highest BCUT2D eigenvalue weighted by atomic mass is 79.9. The fourth-order valence-corrected chi connectivity index (χ4v) is 1.74. The molecule has 0 unspecified atom stereocenters. The average Bonchev–Trinajstić information content (AvgIpc) is 2.28. The smallest absolute Gasteiger partial charge is 0.248 e. The van der Waals surface area contributed by atoms with Crippen LogP contribution < -0.4 is 4.74 Å². The van der Waals surface area contributed by atoms with E-state index in [9.17, 15) is 4.79 Å². The van der Waals surface area contributed by atoms with Gasteiger partial charge in [0.25, 0.3) is 0 Å². The molecule has 0 fully saturated rings. The molecular formula is C11H14BrNO3. The van der Waals surface area contributed by atoms with Gasteiger partial charge in [-0.25, -0.2) is 0 Å². The van der Waals surface area contributed by atoms with Crippen LogP contribution in [0.1, 0.15) is 5.56 Å². The summed E-state index contributed by atoms with van der Waals surface area (Å²) in [6, 6.07) is 5.59. The molecule has 16 heavy (non-hydrogen) atoms. The number of hydrogen-bond donors (Lipinski definition) is 1. The second kappa shape index (κ2) is 5.86. The summed E-state index contributed by atoms with van der Waals surface area (Å²) >= 11 is 3.36. The lowest BCUT2D eigenvalue weighted by Crippen LogP contribution is -2.28. The maximum absolute atomic E-state index is 11.2. The van der Waals surface area contributed by atoms with Crippen molar-refractivity contribution in [3.8, 4) is 5.75 Å². The van der Waals surface area contributed by atoms with Gasteiger partial charge in [-0.3, -0.25) is 4.79 Å². The largest absolute Gasteiger partial charge is 0.496 e. The van der Waals surface area contributed by atoms with E-state index < -0.39 is 6.61 Å². The van der Waals surface area contributed by atoms with Gasteiger partial charge in [0.1, 0.15) is 12.4 Å². The number of nitrogens with zero attached hydrogens (tertiary/aromatic N) is 1. The van der Waals surface area contributed by atoms with Crippen LogP contribution in [0, 0.1) is 0 Å². The number of ether oxygens (including phenoxy) is 1. The molecule has 0 spiro atoms. The Morgan fingerprint density at radius 2 is 2.25 bits per heavy atom. The van der Waals surface area contributed by atoms with Crippen LogP contribution in [0.25, 0.3) is 0 Å². The molecule has 0 radical (unpaired) electrons. The number of likely N-dealkylation sites (N-methyl/N-ethyl adjacent to an activating group) is 1. The number of rotatable bonds is 4. The summed E-state index contributed by atoms with van der Waals surface area (Å²) in [6.45, 7) is -0.0746. The van der Waals surface area contributed by atoms with Gasteiger partial charge in [-0.15, -0.1) is 0 Å². The summed E-state index contributed by atoms with van der Waals surface area (Å²) in [4.78, 5) is 12.7. The zero-order valence-corrected chi connectivity index (χ0v) is 10.8. The van der Waals surface area contributed by atoms with Gasteiger partial charge in [0, 0.05) is 23.6 Å². The standard InChI is InChI=1S/C11H14BrNO3/c1-13(11(15)7-14)6-8-5-9(12)3-4-10(8)16-2/h3-5,14H,6-7H2,1-2H3. The van der Waals surface area contributed by atoms with Crippen molar-refractivity contribution in [3.63, 3.8) is 0 Å². The first kappa shape index (κ1) is 13.0. The molecule has 4 nitrogen and oxygen atoms in total. The Kier molecular flexibility index (Phi) is 4.76. The van der Waals surface area contributed by atoms with E-state index in [1.807, 2.05) is 18.2 Å². The summed E-state index contributed by atoms with van der Waals surface area (Å²) in [6.07, 6.45) is 0. The van der Waals surface area contributed by atoms with Crippen LogP contribution >= 0.6 is 15.9 Å². The van der Waals surface area contributed by atoms with Crippen molar-refractivity contribution in [3.05, 3.63) is 28.2 Å². The molecule has 1 N–H and O–H groups in total. The number of hydrogen-bond acceptors (Lipinski definition) is 3. The lowest BCUT2D eigenvalue weighted by molar-refractivity contribution is -0.133. The van der Waals surface area contributed by atoms with Gasteiger partial charge in [-0.1, -0.05) is 15.9 Å². The number of benzene rings is 1. The predicted octanol–water partition coefficient (Wildman–Crippen LogP) is 1.41. The minimum Gasteiger partial charge on any atom is -0.496 e. The Bertz CT molecular complexity index is 381. The highest BCUT2D eigenvalue weighted by Crippen LogP contribution is 2.23. The maximum atomic E-state index is 11.2. The molecule has 0 saturated heterocycles. The van der Waals surface area contributed by atoms with Crippen molar-refractivity contribution in [2.24, 2.45) is 0 Å². The van der Waals surface area contributed by atoms with E-state index in [1.165, 1.54) is 4.90 Å². The third kappa shape index (κ3) is 3.21. The number of methoxy groups -OCH3 is 1. The van der Waals surface area contributed by atoms with Gasteiger partial charge < -0.3 is 14.7 Å². The lowest BCUT2D eigenvalue weighted by atomic mass is 10.2. The molecule has 88 valence electrons. The Balaban J connectivity index is 2.86. The summed E-state index contributed by atoms with van der Waals surface area (Å²) in [7, 11) is 3.22.